The van der Waals surface area contributed by atoms with Gasteiger partial charge in [-0.05, 0) is 0 Å². The Morgan fingerprint density at radius 1 is 1.33 bits per heavy atom. The van der Waals surface area contributed by atoms with Crippen molar-refractivity contribution in [3.8, 4) is 0 Å². The molecule has 112 valence electrons. The topological polar surface area (TPSA) is 119 Å². The molecule has 2 aliphatic heterocycles. The highest BCUT2D eigenvalue weighted by molar-refractivity contribution is 5.83. The van der Waals surface area contributed by atoms with E-state index in [1.54, 1.807) is 19.0 Å². The van der Waals surface area contributed by atoms with Gasteiger partial charge in [0.1, 0.15) is 18.3 Å². The van der Waals surface area contributed by atoms with Crippen LogP contribution in [0.5, 0.6) is 0 Å². The van der Waals surface area contributed by atoms with Crippen molar-refractivity contribution in [2.24, 2.45) is 0 Å². The molecular formula is C11H14N6O4. The first-order valence-corrected chi connectivity index (χ1v) is 6.53. The lowest BCUT2D eigenvalue weighted by atomic mass is 10.1. The first-order chi connectivity index (χ1) is 9.99. The van der Waals surface area contributed by atoms with Crippen LogP contribution in [-0.2, 0) is 11.3 Å². The van der Waals surface area contributed by atoms with E-state index in [0.717, 1.165) is 0 Å². The van der Waals surface area contributed by atoms with E-state index in [2.05, 4.69) is 15.3 Å². The van der Waals surface area contributed by atoms with Gasteiger partial charge in [-0.25, -0.2) is 14.0 Å². The van der Waals surface area contributed by atoms with E-state index in [9.17, 15) is 15.0 Å². The Morgan fingerprint density at radius 3 is 2.81 bits per heavy atom. The van der Waals surface area contributed by atoms with Crippen molar-refractivity contribution >= 4 is 17.0 Å². The summed E-state index contributed by atoms with van der Waals surface area (Å²) in [4.78, 5) is 18.0. The molecule has 0 aromatic carbocycles. The predicted molar refractivity (Wildman–Crippen MR) is 69.8 cm³/mol. The number of aliphatic hydroxyl groups is 2. The summed E-state index contributed by atoms with van der Waals surface area (Å²) >= 11 is 0. The summed E-state index contributed by atoms with van der Waals surface area (Å²) in [6, 6.07) is 0. The molecule has 1 unspecified atom stereocenters. The maximum Gasteiger partial charge on any atom is 0.353 e. The van der Waals surface area contributed by atoms with Crippen molar-refractivity contribution < 1.29 is 14.9 Å². The van der Waals surface area contributed by atoms with Gasteiger partial charge in [0.15, 0.2) is 23.2 Å². The lowest BCUT2D eigenvalue weighted by Gasteiger charge is -2.20. The van der Waals surface area contributed by atoms with Crippen molar-refractivity contribution in [1.82, 2.24) is 24.5 Å². The molecule has 1 fully saturated rings. The third-order valence-corrected chi connectivity index (χ3v) is 3.92. The maximum atomic E-state index is 12.3. The number of hydrogen-bond acceptors (Lipinski definition) is 8. The van der Waals surface area contributed by atoms with Crippen molar-refractivity contribution in [2.75, 3.05) is 19.0 Å². The first kappa shape index (κ1) is 12.7. The molecule has 10 heteroatoms. The molecule has 2 N–H and O–H groups in total. The molecule has 2 aliphatic rings. The maximum absolute atomic E-state index is 12.3. The van der Waals surface area contributed by atoms with Crippen LogP contribution >= 0.6 is 0 Å². The van der Waals surface area contributed by atoms with Crippen molar-refractivity contribution in [3.63, 3.8) is 0 Å². The van der Waals surface area contributed by atoms with Crippen molar-refractivity contribution in [2.45, 2.75) is 31.1 Å². The summed E-state index contributed by atoms with van der Waals surface area (Å²) in [6.45, 7) is 0.210. The highest BCUT2D eigenvalue weighted by Crippen LogP contribution is 2.35. The van der Waals surface area contributed by atoms with Gasteiger partial charge in [-0.15, -0.1) is 5.10 Å². The van der Waals surface area contributed by atoms with Crippen LogP contribution in [0.2, 0.25) is 0 Å². The third-order valence-electron chi connectivity index (χ3n) is 3.92. The van der Waals surface area contributed by atoms with Crippen molar-refractivity contribution in [1.29, 1.82) is 0 Å². The average molecular weight is 294 g/mol. The zero-order valence-electron chi connectivity index (χ0n) is 11.4. The molecular weight excluding hydrogens is 280 g/mol. The Labute approximate surface area is 118 Å². The lowest BCUT2D eigenvalue weighted by molar-refractivity contribution is -0.0357. The average Bonchev–Trinajstić information content (AvgIpc) is 2.89. The monoisotopic (exact) mass is 294 g/mol. The van der Waals surface area contributed by atoms with Gasteiger partial charge < -0.3 is 19.8 Å². The van der Waals surface area contributed by atoms with Crippen LogP contribution in [0.1, 0.15) is 6.23 Å². The van der Waals surface area contributed by atoms with Crippen LogP contribution in [0, 0.1) is 0 Å². The van der Waals surface area contributed by atoms with Gasteiger partial charge in [0.05, 0.1) is 6.54 Å². The fourth-order valence-electron chi connectivity index (χ4n) is 2.91. The van der Waals surface area contributed by atoms with E-state index in [0.29, 0.717) is 17.0 Å². The molecule has 4 rings (SSSR count). The van der Waals surface area contributed by atoms with Gasteiger partial charge in [-0.3, -0.25) is 0 Å². The molecule has 0 saturated carbocycles. The number of anilines is 1. The molecule has 2 aromatic rings. The van der Waals surface area contributed by atoms with Gasteiger partial charge in [0, 0.05) is 14.1 Å². The van der Waals surface area contributed by atoms with E-state index in [1.807, 2.05) is 0 Å². The minimum absolute atomic E-state index is 0.210. The minimum atomic E-state index is -1.19. The van der Waals surface area contributed by atoms with Crippen LogP contribution < -0.4 is 10.6 Å². The highest BCUT2D eigenvalue weighted by Gasteiger charge is 2.47. The summed E-state index contributed by atoms with van der Waals surface area (Å²) < 4.78 is 8.30. The van der Waals surface area contributed by atoms with Crippen LogP contribution in [0.4, 0.5) is 5.82 Å². The molecule has 4 atom stereocenters. The minimum Gasteiger partial charge on any atom is -0.387 e. The molecule has 10 nitrogen and oxygen atoms in total. The van der Waals surface area contributed by atoms with Crippen molar-refractivity contribution in [3.05, 3.63) is 10.5 Å². The Hall–Kier alpha value is -2.04. The standard InChI is InChI=1S/C11H14N6O4/c1-15(2)8-5-9-16(14-13-5)3-4-6(18)7(19)10(21-4)17(9)11(20)12-8/h4,6-7,10,18-19H,3H2,1-2H3/t4-,6-,7-,10?/m1/s1. The molecule has 0 spiro atoms. The van der Waals surface area contributed by atoms with Gasteiger partial charge in [-0.1, -0.05) is 5.21 Å². The second-order valence-electron chi connectivity index (χ2n) is 5.47. The summed E-state index contributed by atoms with van der Waals surface area (Å²) in [7, 11) is 3.51. The van der Waals surface area contributed by atoms with E-state index in [-0.39, 0.29) is 6.54 Å². The van der Waals surface area contributed by atoms with Crippen LogP contribution in [0.15, 0.2) is 4.79 Å². The SMILES string of the molecule is CN(C)c1nc(=O)n2c3c1nnn3C[C@H]1OC2[C@H](O)[C@@H]1O. The van der Waals surface area contributed by atoms with E-state index in [4.69, 9.17) is 4.74 Å². The summed E-state index contributed by atoms with van der Waals surface area (Å²) in [5.74, 6) is 0.408. The third kappa shape index (κ3) is 1.51. The molecule has 0 amide bonds. The number of hydrogen-bond donors (Lipinski definition) is 2. The zero-order valence-corrected chi connectivity index (χ0v) is 11.4. The van der Waals surface area contributed by atoms with Crippen LogP contribution in [0.25, 0.3) is 11.2 Å². The fraction of sp³-hybridized carbons (Fsp3) is 0.636. The second-order valence-corrected chi connectivity index (χ2v) is 5.47. The van der Waals surface area contributed by atoms with E-state index in [1.165, 1.54) is 9.25 Å². The largest absolute Gasteiger partial charge is 0.387 e. The molecule has 0 aliphatic carbocycles. The fourth-order valence-corrected chi connectivity index (χ4v) is 2.91. The molecule has 2 bridgehead atoms. The number of aromatic nitrogens is 5. The van der Waals surface area contributed by atoms with E-state index < -0.39 is 30.2 Å². The van der Waals surface area contributed by atoms with Crippen LogP contribution in [0.3, 0.4) is 0 Å². The normalized spacial score (nSPS) is 30.7. The number of aliphatic hydroxyl groups excluding tert-OH is 2. The molecule has 0 radical (unpaired) electrons. The summed E-state index contributed by atoms with van der Waals surface area (Å²) in [6.07, 6.45) is -3.89. The number of nitrogens with zero attached hydrogens (tertiary/aromatic N) is 6. The number of fused-ring (bicyclic) bond motifs is 3. The van der Waals surface area contributed by atoms with Gasteiger partial charge in [-0.2, -0.15) is 4.98 Å². The quantitative estimate of drug-likeness (QED) is 0.602. The van der Waals surface area contributed by atoms with Crippen LogP contribution in [-0.4, -0.2) is 67.2 Å². The Morgan fingerprint density at radius 2 is 2.10 bits per heavy atom. The predicted octanol–water partition coefficient (Wildman–Crippen LogP) is -2.31. The highest BCUT2D eigenvalue weighted by atomic mass is 16.6. The second kappa shape index (κ2) is 4.00. The van der Waals surface area contributed by atoms with Gasteiger partial charge >= 0.3 is 5.69 Å². The Bertz CT molecular complexity index is 783. The Balaban J connectivity index is 2.07. The van der Waals surface area contributed by atoms with Gasteiger partial charge in [0.2, 0.25) is 0 Å². The smallest absolute Gasteiger partial charge is 0.353 e. The molecule has 21 heavy (non-hydrogen) atoms. The number of ether oxygens (including phenoxy) is 1. The summed E-state index contributed by atoms with van der Waals surface area (Å²) in [5.41, 5.74) is 0.322. The molecule has 1 saturated heterocycles. The molecule has 4 heterocycles. The van der Waals surface area contributed by atoms with E-state index >= 15 is 0 Å². The lowest BCUT2D eigenvalue weighted by Crippen LogP contribution is -2.39. The zero-order chi connectivity index (χ0) is 14.9. The summed E-state index contributed by atoms with van der Waals surface area (Å²) in [5, 5.41) is 28.1. The Kier molecular flexibility index (Phi) is 2.41. The molecule has 2 aromatic heterocycles. The van der Waals surface area contributed by atoms with Gasteiger partial charge in [0.25, 0.3) is 0 Å². The first-order valence-electron chi connectivity index (χ1n) is 6.53. The number of rotatable bonds is 1.